The summed E-state index contributed by atoms with van der Waals surface area (Å²) in [7, 11) is 3.25. The highest BCUT2D eigenvalue weighted by Crippen LogP contribution is 2.29. The second-order valence-corrected chi connectivity index (χ2v) is 14.2. The Bertz CT molecular complexity index is 1260. The SMILES string of the molecule is COCCOCOCCN(C)C(=O)C[C@@H](Cc1ccccc1)C(=O)N[C@@H](Cc1cnc[nH]1)C(=O)N[C@@H](CC1CCCCC1)[C@@H](O)[C@@H](O)CC(C)C. The van der Waals surface area contributed by atoms with Crippen molar-refractivity contribution in [1.29, 1.82) is 0 Å². The zero-order valence-corrected chi connectivity index (χ0v) is 30.9. The van der Waals surface area contributed by atoms with Crippen LogP contribution in [0.25, 0.3) is 0 Å². The van der Waals surface area contributed by atoms with Crippen LogP contribution in [-0.2, 0) is 41.4 Å². The number of aromatic nitrogens is 2. The fraction of sp³-hybridized carbons (Fsp3) is 0.684. The Hall–Kier alpha value is -3.36. The van der Waals surface area contributed by atoms with Crippen molar-refractivity contribution in [2.75, 3.05) is 47.3 Å². The molecular formula is C38H61N5O8. The lowest BCUT2D eigenvalue weighted by Crippen LogP contribution is -2.56. The fourth-order valence-electron chi connectivity index (χ4n) is 6.52. The first-order valence-corrected chi connectivity index (χ1v) is 18.4. The summed E-state index contributed by atoms with van der Waals surface area (Å²) in [5.41, 5.74) is 1.52. The Labute approximate surface area is 303 Å². The second kappa shape index (κ2) is 23.3. The lowest BCUT2D eigenvalue weighted by molar-refractivity contribution is -0.137. The molecule has 0 bridgehead atoms. The average Bonchev–Trinajstić information content (AvgIpc) is 3.63. The van der Waals surface area contributed by atoms with E-state index in [1.807, 2.05) is 44.2 Å². The van der Waals surface area contributed by atoms with Crippen molar-refractivity contribution < 1.29 is 38.8 Å². The molecule has 1 aromatic heterocycles. The first kappa shape index (κ1) is 42.1. The van der Waals surface area contributed by atoms with E-state index in [0.717, 1.165) is 31.2 Å². The van der Waals surface area contributed by atoms with Crippen LogP contribution in [0.1, 0.15) is 76.5 Å². The van der Waals surface area contributed by atoms with Crippen molar-refractivity contribution in [2.45, 2.75) is 102 Å². The van der Waals surface area contributed by atoms with Crippen LogP contribution in [0, 0.1) is 17.8 Å². The van der Waals surface area contributed by atoms with Gasteiger partial charge in [0, 0.05) is 45.4 Å². The number of hydrogen-bond acceptors (Lipinski definition) is 9. The van der Waals surface area contributed by atoms with E-state index in [1.54, 1.807) is 20.4 Å². The van der Waals surface area contributed by atoms with Gasteiger partial charge in [0.15, 0.2) is 0 Å². The highest BCUT2D eigenvalue weighted by Gasteiger charge is 2.34. The van der Waals surface area contributed by atoms with Crippen molar-refractivity contribution in [2.24, 2.45) is 17.8 Å². The number of aliphatic hydroxyl groups excluding tert-OH is 2. The molecule has 1 aromatic carbocycles. The molecule has 3 amide bonds. The summed E-state index contributed by atoms with van der Waals surface area (Å²) < 4.78 is 15.7. The molecule has 1 aliphatic carbocycles. The standard InChI is InChI=1S/C38H61N5O8/c1-27(2)19-34(44)36(46)32(21-29-13-9-6-10-14-29)41-38(48)33(23-31-24-39-25-40-31)42-37(47)30(20-28-11-7-5-8-12-28)22-35(45)43(3)15-16-50-26-51-18-17-49-4/h5,7-8,11-12,24-25,27,29-30,32-34,36,44,46H,6,9-10,13-23,26H2,1-4H3,(H,39,40)(H,41,48)(H,42,47)/t30-,32+,33+,34+,36-/m1/s1. The third-order valence-electron chi connectivity index (χ3n) is 9.48. The van der Waals surface area contributed by atoms with Crippen LogP contribution in [0.5, 0.6) is 0 Å². The third kappa shape index (κ3) is 15.8. The lowest BCUT2D eigenvalue weighted by Gasteiger charge is -2.34. The van der Waals surface area contributed by atoms with Gasteiger partial charge in [-0.1, -0.05) is 76.3 Å². The molecule has 0 spiro atoms. The molecule has 2 aromatic rings. The van der Waals surface area contributed by atoms with Crippen molar-refractivity contribution in [3.63, 3.8) is 0 Å². The van der Waals surface area contributed by atoms with Gasteiger partial charge in [0.2, 0.25) is 17.7 Å². The van der Waals surface area contributed by atoms with Crippen LogP contribution in [0.2, 0.25) is 0 Å². The summed E-state index contributed by atoms with van der Waals surface area (Å²) in [4.78, 5) is 50.2. The van der Waals surface area contributed by atoms with Crippen LogP contribution >= 0.6 is 0 Å². The van der Waals surface area contributed by atoms with Crippen molar-refractivity contribution in [1.82, 2.24) is 25.5 Å². The summed E-state index contributed by atoms with van der Waals surface area (Å²) in [5.74, 6) is -1.44. The molecule has 3 rings (SSSR count). The van der Waals surface area contributed by atoms with Gasteiger partial charge in [-0.25, -0.2) is 4.98 Å². The number of nitrogens with one attached hydrogen (secondary N) is 3. The maximum absolute atomic E-state index is 14.1. The number of likely N-dealkylation sites (N-methyl/N-ethyl adjacent to an activating group) is 1. The molecule has 51 heavy (non-hydrogen) atoms. The number of carbonyl (C=O) groups excluding carboxylic acids is 3. The number of H-pyrrole nitrogens is 1. The minimum absolute atomic E-state index is 0.0790. The molecule has 13 heteroatoms. The maximum atomic E-state index is 14.1. The summed E-state index contributed by atoms with van der Waals surface area (Å²) in [6, 6.07) is 7.73. The number of benzene rings is 1. The number of imidazole rings is 1. The van der Waals surface area contributed by atoms with Crippen LogP contribution in [0.3, 0.4) is 0 Å². The Morgan fingerprint density at radius 2 is 1.71 bits per heavy atom. The molecule has 1 saturated carbocycles. The van der Waals surface area contributed by atoms with Gasteiger partial charge < -0.3 is 44.9 Å². The van der Waals surface area contributed by atoms with Crippen molar-refractivity contribution in [3.05, 3.63) is 54.1 Å². The van der Waals surface area contributed by atoms with Crippen molar-refractivity contribution in [3.8, 4) is 0 Å². The second-order valence-electron chi connectivity index (χ2n) is 14.2. The molecule has 1 aliphatic rings. The smallest absolute Gasteiger partial charge is 0.243 e. The van der Waals surface area contributed by atoms with E-state index in [1.165, 1.54) is 17.6 Å². The van der Waals surface area contributed by atoms with Crippen LogP contribution < -0.4 is 10.6 Å². The molecule has 0 aliphatic heterocycles. The topological polar surface area (TPSA) is 175 Å². The summed E-state index contributed by atoms with van der Waals surface area (Å²) >= 11 is 0. The summed E-state index contributed by atoms with van der Waals surface area (Å²) in [6.07, 6.45) is 7.57. The number of hydrogen-bond donors (Lipinski definition) is 5. The number of carbonyl (C=O) groups is 3. The number of ether oxygens (including phenoxy) is 3. The molecule has 1 fully saturated rings. The van der Waals surface area contributed by atoms with Gasteiger partial charge >= 0.3 is 0 Å². The summed E-state index contributed by atoms with van der Waals surface area (Å²) in [5, 5.41) is 28.2. The van der Waals surface area contributed by atoms with Gasteiger partial charge in [0.25, 0.3) is 0 Å². The number of aromatic amines is 1. The first-order chi connectivity index (χ1) is 24.6. The molecule has 1 heterocycles. The molecule has 13 nitrogen and oxygen atoms in total. The van der Waals surface area contributed by atoms with Crippen LogP contribution in [-0.4, -0.2) is 114 Å². The lowest BCUT2D eigenvalue weighted by atomic mass is 9.82. The van der Waals surface area contributed by atoms with Gasteiger partial charge in [0.05, 0.1) is 44.2 Å². The zero-order chi connectivity index (χ0) is 37.0. The molecule has 0 unspecified atom stereocenters. The van der Waals surface area contributed by atoms with E-state index >= 15 is 0 Å². The number of rotatable bonds is 24. The highest BCUT2D eigenvalue weighted by molar-refractivity contribution is 5.91. The predicted octanol–water partition coefficient (Wildman–Crippen LogP) is 3.00. The van der Waals surface area contributed by atoms with Crippen molar-refractivity contribution >= 4 is 17.7 Å². The zero-order valence-electron chi connectivity index (χ0n) is 30.9. The monoisotopic (exact) mass is 715 g/mol. The highest BCUT2D eigenvalue weighted by atomic mass is 16.7. The van der Waals surface area contributed by atoms with Gasteiger partial charge in [-0.15, -0.1) is 0 Å². The number of methoxy groups -OCH3 is 1. The minimum Gasteiger partial charge on any atom is -0.390 e. The van der Waals surface area contributed by atoms with E-state index in [-0.39, 0.29) is 38.1 Å². The number of amides is 3. The fourth-order valence-corrected chi connectivity index (χ4v) is 6.52. The normalized spacial score (nSPS) is 16.6. The van der Waals surface area contributed by atoms with Crippen LogP contribution in [0.4, 0.5) is 0 Å². The largest absolute Gasteiger partial charge is 0.390 e. The summed E-state index contributed by atoms with van der Waals surface area (Å²) in [6.45, 7) is 5.47. The van der Waals surface area contributed by atoms with Gasteiger partial charge in [0.1, 0.15) is 18.9 Å². The van der Waals surface area contributed by atoms with E-state index < -0.39 is 42.0 Å². The Morgan fingerprint density at radius 1 is 0.980 bits per heavy atom. The number of nitrogens with zero attached hydrogens (tertiary/aromatic N) is 2. The van der Waals surface area contributed by atoms with Gasteiger partial charge in [-0.2, -0.15) is 0 Å². The molecule has 286 valence electrons. The molecule has 0 radical (unpaired) electrons. The molecule has 0 saturated heterocycles. The maximum Gasteiger partial charge on any atom is 0.243 e. The molecule has 5 N–H and O–H groups in total. The predicted molar refractivity (Wildman–Crippen MR) is 193 cm³/mol. The third-order valence-corrected chi connectivity index (χ3v) is 9.48. The van der Waals surface area contributed by atoms with E-state index in [2.05, 4.69) is 20.6 Å². The Morgan fingerprint density at radius 3 is 2.37 bits per heavy atom. The quantitative estimate of drug-likeness (QED) is 0.0809. The molecular weight excluding hydrogens is 654 g/mol. The number of aliphatic hydroxyl groups is 2. The first-order valence-electron chi connectivity index (χ1n) is 18.4. The van der Waals surface area contributed by atoms with Gasteiger partial charge in [-0.05, 0) is 36.7 Å². The van der Waals surface area contributed by atoms with Gasteiger partial charge in [-0.3, -0.25) is 14.4 Å². The Balaban J connectivity index is 1.76. The molecule has 5 atom stereocenters. The minimum atomic E-state index is -1.17. The Kier molecular flexibility index (Phi) is 19.2. The van der Waals surface area contributed by atoms with E-state index in [4.69, 9.17) is 14.2 Å². The van der Waals surface area contributed by atoms with E-state index in [9.17, 15) is 24.6 Å². The van der Waals surface area contributed by atoms with E-state index in [0.29, 0.717) is 50.6 Å². The average molecular weight is 716 g/mol. The van der Waals surface area contributed by atoms with Crippen LogP contribution in [0.15, 0.2) is 42.9 Å².